The van der Waals surface area contributed by atoms with Crippen molar-refractivity contribution in [1.29, 1.82) is 0 Å². The van der Waals surface area contributed by atoms with E-state index in [2.05, 4.69) is 54.2 Å². The molecular formula is C28H30N4O2. The summed E-state index contributed by atoms with van der Waals surface area (Å²) in [5, 5.41) is 5.59. The first-order valence-electron chi connectivity index (χ1n) is 11.7. The molecule has 1 aromatic heterocycles. The summed E-state index contributed by atoms with van der Waals surface area (Å²) < 4.78 is 7.29. The third kappa shape index (κ3) is 4.36. The summed E-state index contributed by atoms with van der Waals surface area (Å²) in [7, 11) is 1.67. The molecule has 6 nitrogen and oxygen atoms in total. The number of hydrogen-bond acceptors (Lipinski definition) is 4. The van der Waals surface area contributed by atoms with E-state index in [1.165, 1.54) is 11.3 Å². The summed E-state index contributed by atoms with van der Waals surface area (Å²) >= 11 is 0. The first-order valence-corrected chi connectivity index (χ1v) is 11.7. The molecule has 0 N–H and O–H groups in total. The number of methoxy groups -OCH3 is 1. The topological polar surface area (TPSA) is 50.6 Å². The van der Waals surface area contributed by atoms with Crippen LogP contribution in [0, 0.1) is 6.92 Å². The molecule has 0 bridgehead atoms. The Kier molecular flexibility index (Phi) is 5.97. The summed E-state index contributed by atoms with van der Waals surface area (Å²) in [6, 6.07) is 22.7. The first-order chi connectivity index (χ1) is 16.5. The molecule has 174 valence electrons. The molecule has 2 heterocycles. The van der Waals surface area contributed by atoms with E-state index in [0.717, 1.165) is 28.8 Å². The first kappa shape index (κ1) is 22.0. The highest BCUT2D eigenvalue weighted by Crippen LogP contribution is 2.24. The number of benzene rings is 3. The zero-order chi connectivity index (χ0) is 23.7. The van der Waals surface area contributed by atoms with Gasteiger partial charge in [0.2, 0.25) is 0 Å². The molecule has 1 fully saturated rings. The van der Waals surface area contributed by atoms with Crippen molar-refractivity contribution >= 4 is 22.5 Å². The van der Waals surface area contributed by atoms with E-state index in [0.29, 0.717) is 25.2 Å². The molecule has 34 heavy (non-hydrogen) atoms. The molecule has 5 rings (SSSR count). The molecule has 6 heteroatoms. The van der Waals surface area contributed by atoms with Crippen LogP contribution in [0.1, 0.15) is 28.4 Å². The van der Waals surface area contributed by atoms with Crippen LogP contribution in [0.2, 0.25) is 0 Å². The lowest BCUT2D eigenvalue weighted by Crippen LogP contribution is -2.53. The van der Waals surface area contributed by atoms with E-state index >= 15 is 0 Å². The number of piperazine rings is 1. The van der Waals surface area contributed by atoms with Crippen LogP contribution in [-0.4, -0.2) is 53.4 Å². The van der Waals surface area contributed by atoms with Gasteiger partial charge in [0.15, 0.2) is 0 Å². The van der Waals surface area contributed by atoms with Crippen molar-refractivity contribution in [2.75, 3.05) is 31.6 Å². The maximum absolute atomic E-state index is 13.4. The molecule has 1 saturated heterocycles. The van der Waals surface area contributed by atoms with E-state index in [1.54, 1.807) is 7.11 Å². The number of ether oxygens (including phenoxy) is 1. The highest BCUT2D eigenvalue weighted by Gasteiger charge is 2.27. The Balaban J connectivity index is 1.34. The van der Waals surface area contributed by atoms with Gasteiger partial charge in [-0.3, -0.25) is 9.48 Å². The summed E-state index contributed by atoms with van der Waals surface area (Å²) in [5.74, 6) is 0.899. The Morgan fingerprint density at radius 2 is 1.91 bits per heavy atom. The number of fused-ring (bicyclic) bond motifs is 1. The average Bonchev–Trinajstić information content (AvgIpc) is 3.25. The van der Waals surface area contributed by atoms with Crippen molar-refractivity contribution in [3.8, 4) is 5.75 Å². The smallest absolute Gasteiger partial charge is 0.254 e. The standard InChI is InChI=1S/C28H30N4O2/c1-20-6-4-8-25(14-20)31-13-12-30(18-21(31)2)28(33)23-10-11-24-17-29-32(27(24)16-23)19-22-7-5-9-26(15-22)34-3/h4-11,14-17,21H,12-13,18-19H2,1-3H3/t21-/m0/s1. The highest BCUT2D eigenvalue weighted by atomic mass is 16.5. The minimum absolute atomic E-state index is 0.0757. The minimum atomic E-state index is 0.0757. The summed E-state index contributed by atoms with van der Waals surface area (Å²) in [6.45, 7) is 7.15. The van der Waals surface area contributed by atoms with Gasteiger partial charge in [0.1, 0.15) is 5.75 Å². The van der Waals surface area contributed by atoms with Crippen LogP contribution in [0.25, 0.3) is 10.9 Å². The molecule has 0 unspecified atom stereocenters. The Morgan fingerprint density at radius 3 is 2.71 bits per heavy atom. The van der Waals surface area contributed by atoms with E-state index < -0.39 is 0 Å². The molecule has 1 amide bonds. The molecular weight excluding hydrogens is 424 g/mol. The predicted octanol–water partition coefficient (Wildman–Crippen LogP) is 4.75. The van der Waals surface area contributed by atoms with Crippen LogP contribution in [0.5, 0.6) is 5.75 Å². The van der Waals surface area contributed by atoms with Gasteiger partial charge in [-0.1, -0.05) is 30.3 Å². The molecule has 1 atom stereocenters. The van der Waals surface area contributed by atoms with Gasteiger partial charge in [0.25, 0.3) is 5.91 Å². The van der Waals surface area contributed by atoms with Crippen molar-refractivity contribution in [2.24, 2.45) is 0 Å². The van der Waals surface area contributed by atoms with Crippen molar-refractivity contribution < 1.29 is 9.53 Å². The zero-order valence-electron chi connectivity index (χ0n) is 19.9. The van der Waals surface area contributed by atoms with Gasteiger partial charge < -0.3 is 14.5 Å². The number of anilines is 1. The fourth-order valence-corrected chi connectivity index (χ4v) is 4.79. The molecule has 0 radical (unpaired) electrons. The van der Waals surface area contributed by atoms with Crippen molar-refractivity contribution in [3.05, 3.63) is 89.6 Å². The lowest BCUT2D eigenvalue weighted by Gasteiger charge is -2.41. The molecule has 0 spiro atoms. The molecule has 1 aliphatic rings. The van der Waals surface area contributed by atoms with Gasteiger partial charge >= 0.3 is 0 Å². The Bertz CT molecular complexity index is 1330. The van der Waals surface area contributed by atoms with Gasteiger partial charge in [-0.2, -0.15) is 5.10 Å². The number of nitrogens with zero attached hydrogens (tertiary/aromatic N) is 4. The van der Waals surface area contributed by atoms with Gasteiger partial charge in [-0.05, 0) is 61.4 Å². The van der Waals surface area contributed by atoms with Crippen LogP contribution < -0.4 is 9.64 Å². The highest BCUT2D eigenvalue weighted by molar-refractivity contribution is 5.98. The second kappa shape index (κ2) is 9.21. The van der Waals surface area contributed by atoms with E-state index in [9.17, 15) is 4.79 Å². The fourth-order valence-electron chi connectivity index (χ4n) is 4.79. The molecule has 0 saturated carbocycles. The van der Waals surface area contributed by atoms with Gasteiger partial charge in [-0.25, -0.2) is 0 Å². The Labute approximate surface area is 200 Å². The summed E-state index contributed by atoms with van der Waals surface area (Å²) in [4.78, 5) is 17.8. The predicted molar refractivity (Wildman–Crippen MR) is 136 cm³/mol. The average molecular weight is 455 g/mol. The van der Waals surface area contributed by atoms with Gasteiger partial charge in [-0.15, -0.1) is 0 Å². The van der Waals surface area contributed by atoms with Crippen LogP contribution in [0.3, 0.4) is 0 Å². The normalized spacial score (nSPS) is 16.1. The van der Waals surface area contributed by atoms with E-state index in [-0.39, 0.29) is 11.9 Å². The lowest BCUT2D eigenvalue weighted by atomic mass is 10.1. The fraction of sp³-hybridized carbons (Fsp3) is 0.286. The number of carbonyl (C=O) groups is 1. The SMILES string of the molecule is COc1cccc(Cn2ncc3ccc(C(=O)N4CCN(c5cccc(C)c5)[C@@H](C)C4)cc32)c1. The third-order valence-corrected chi connectivity index (χ3v) is 6.61. The van der Waals surface area contributed by atoms with Crippen LogP contribution in [0.15, 0.2) is 72.9 Å². The maximum atomic E-state index is 13.4. The maximum Gasteiger partial charge on any atom is 0.254 e. The number of hydrogen-bond donors (Lipinski definition) is 0. The van der Waals surface area contributed by atoms with Gasteiger partial charge in [0.05, 0.1) is 25.4 Å². The second-order valence-corrected chi connectivity index (χ2v) is 9.06. The molecule has 0 aliphatic carbocycles. The number of carbonyl (C=O) groups excluding carboxylic acids is 1. The number of amides is 1. The monoisotopic (exact) mass is 454 g/mol. The lowest BCUT2D eigenvalue weighted by molar-refractivity contribution is 0.0726. The van der Waals surface area contributed by atoms with Gasteiger partial charge in [0, 0.05) is 42.3 Å². The van der Waals surface area contributed by atoms with Crippen molar-refractivity contribution in [2.45, 2.75) is 26.4 Å². The quantitative estimate of drug-likeness (QED) is 0.437. The zero-order valence-corrected chi connectivity index (χ0v) is 19.9. The number of aryl methyl sites for hydroxylation is 1. The largest absolute Gasteiger partial charge is 0.497 e. The van der Waals surface area contributed by atoms with Crippen molar-refractivity contribution in [3.63, 3.8) is 0 Å². The Morgan fingerprint density at radius 1 is 1.06 bits per heavy atom. The minimum Gasteiger partial charge on any atom is -0.497 e. The van der Waals surface area contributed by atoms with Crippen LogP contribution in [-0.2, 0) is 6.54 Å². The van der Waals surface area contributed by atoms with E-state index in [1.807, 2.05) is 52.2 Å². The molecule has 4 aromatic rings. The molecule has 1 aliphatic heterocycles. The second-order valence-electron chi connectivity index (χ2n) is 9.06. The third-order valence-electron chi connectivity index (χ3n) is 6.61. The Hall–Kier alpha value is -3.80. The molecule has 3 aromatic carbocycles. The van der Waals surface area contributed by atoms with Crippen LogP contribution >= 0.6 is 0 Å². The number of rotatable bonds is 5. The van der Waals surface area contributed by atoms with E-state index in [4.69, 9.17) is 4.74 Å². The summed E-state index contributed by atoms with van der Waals surface area (Å²) in [6.07, 6.45) is 1.85. The number of aromatic nitrogens is 2. The van der Waals surface area contributed by atoms with Crippen LogP contribution in [0.4, 0.5) is 5.69 Å². The van der Waals surface area contributed by atoms with Crippen molar-refractivity contribution in [1.82, 2.24) is 14.7 Å². The summed E-state index contributed by atoms with van der Waals surface area (Å²) in [5.41, 5.74) is 5.24.